The molecule has 4 rings (SSSR count). The van der Waals surface area contributed by atoms with Gasteiger partial charge in [0.2, 0.25) is 5.91 Å². The summed E-state index contributed by atoms with van der Waals surface area (Å²) in [5.41, 5.74) is 1.89. The van der Waals surface area contributed by atoms with Gasteiger partial charge in [-0.2, -0.15) is 0 Å². The molecular formula is C18H12ClNO3S2. The number of rotatable bonds is 3. The molecule has 0 fully saturated rings. The minimum Gasteiger partial charge on any atom is -0.477 e. The number of carboxylic acid groups (broad SMARTS) is 1. The molecule has 0 saturated carbocycles. The second-order valence-electron chi connectivity index (χ2n) is 5.68. The zero-order chi connectivity index (χ0) is 17.6. The fraction of sp³-hybridized carbons (Fsp3) is 0.111. The van der Waals surface area contributed by atoms with Crippen LogP contribution in [0.4, 0.5) is 5.69 Å². The second-order valence-corrected chi connectivity index (χ2v) is 8.15. The number of hydrogen-bond donors (Lipinski definition) is 2. The van der Waals surface area contributed by atoms with E-state index in [1.165, 1.54) is 11.3 Å². The van der Waals surface area contributed by atoms with Crippen LogP contribution in [0.15, 0.2) is 41.8 Å². The zero-order valence-corrected chi connectivity index (χ0v) is 15.2. The molecule has 25 heavy (non-hydrogen) atoms. The number of thiophene rings is 2. The van der Waals surface area contributed by atoms with E-state index in [0.29, 0.717) is 22.7 Å². The lowest BCUT2D eigenvalue weighted by Gasteiger charge is -2.22. The van der Waals surface area contributed by atoms with E-state index in [1.54, 1.807) is 35.6 Å². The van der Waals surface area contributed by atoms with Gasteiger partial charge in [0.25, 0.3) is 0 Å². The molecule has 3 heterocycles. The molecule has 2 N–H and O–H groups in total. The van der Waals surface area contributed by atoms with Crippen molar-refractivity contribution in [3.63, 3.8) is 0 Å². The van der Waals surface area contributed by atoms with Crippen LogP contribution in [0.2, 0.25) is 5.02 Å². The van der Waals surface area contributed by atoms with E-state index >= 15 is 0 Å². The molecule has 1 unspecified atom stereocenters. The van der Waals surface area contributed by atoms with Crippen LogP contribution in [0.3, 0.4) is 0 Å². The van der Waals surface area contributed by atoms with Gasteiger partial charge in [-0.15, -0.1) is 22.7 Å². The Kier molecular flexibility index (Phi) is 4.11. The third-order valence-corrected chi connectivity index (χ3v) is 6.65. The third kappa shape index (κ3) is 2.86. The van der Waals surface area contributed by atoms with Crippen molar-refractivity contribution < 1.29 is 14.7 Å². The Balaban J connectivity index is 1.95. The van der Waals surface area contributed by atoms with E-state index in [4.69, 9.17) is 11.6 Å². The molecule has 1 amide bonds. The zero-order valence-electron chi connectivity index (χ0n) is 12.8. The summed E-state index contributed by atoms with van der Waals surface area (Å²) in [5, 5.41) is 15.1. The Morgan fingerprint density at radius 2 is 2.00 bits per heavy atom. The van der Waals surface area contributed by atoms with Crippen LogP contribution in [-0.4, -0.2) is 17.0 Å². The Morgan fingerprint density at radius 3 is 2.64 bits per heavy atom. The molecule has 0 saturated heterocycles. The first kappa shape index (κ1) is 16.3. The van der Waals surface area contributed by atoms with Crippen molar-refractivity contribution >= 4 is 51.8 Å². The summed E-state index contributed by atoms with van der Waals surface area (Å²) >= 11 is 8.77. The van der Waals surface area contributed by atoms with Gasteiger partial charge in [-0.25, -0.2) is 4.79 Å². The number of fused-ring (bicyclic) bond motifs is 1. The summed E-state index contributed by atoms with van der Waals surface area (Å²) in [4.78, 5) is 26.3. The van der Waals surface area contributed by atoms with Gasteiger partial charge in [0.1, 0.15) is 4.88 Å². The Labute approximate surface area is 156 Å². The molecule has 0 spiro atoms. The first-order valence-corrected chi connectivity index (χ1v) is 9.61. The predicted molar refractivity (Wildman–Crippen MR) is 101 cm³/mol. The van der Waals surface area contributed by atoms with Gasteiger partial charge in [0.05, 0.1) is 5.69 Å². The molecule has 7 heteroatoms. The largest absolute Gasteiger partial charge is 0.477 e. The number of aromatic carboxylic acids is 1. The van der Waals surface area contributed by atoms with E-state index in [9.17, 15) is 14.7 Å². The van der Waals surface area contributed by atoms with Crippen molar-refractivity contribution in [1.29, 1.82) is 0 Å². The van der Waals surface area contributed by atoms with Crippen molar-refractivity contribution in [3.05, 3.63) is 61.4 Å². The number of nitrogens with one attached hydrogen (secondary N) is 1. The van der Waals surface area contributed by atoms with Gasteiger partial charge in [-0.3, -0.25) is 4.79 Å². The molecule has 0 aliphatic carbocycles. The van der Waals surface area contributed by atoms with Crippen LogP contribution in [0.25, 0.3) is 11.1 Å². The first-order valence-electron chi connectivity index (χ1n) is 7.53. The number of carbonyl (C=O) groups is 2. The maximum atomic E-state index is 12.3. The minimum absolute atomic E-state index is 0.101. The van der Waals surface area contributed by atoms with Crippen LogP contribution in [-0.2, 0) is 4.79 Å². The van der Waals surface area contributed by atoms with Gasteiger partial charge in [0, 0.05) is 32.7 Å². The minimum atomic E-state index is -0.997. The summed E-state index contributed by atoms with van der Waals surface area (Å²) in [6.07, 6.45) is 0.327. The fourth-order valence-corrected chi connectivity index (χ4v) is 5.32. The molecule has 2 aromatic heterocycles. The Bertz CT molecular complexity index is 961. The van der Waals surface area contributed by atoms with Crippen molar-refractivity contribution in [2.75, 3.05) is 5.32 Å². The molecular weight excluding hydrogens is 378 g/mol. The van der Waals surface area contributed by atoms with Crippen molar-refractivity contribution in [2.45, 2.75) is 12.3 Å². The summed E-state index contributed by atoms with van der Waals surface area (Å²) in [7, 11) is 0. The Morgan fingerprint density at radius 1 is 1.24 bits per heavy atom. The summed E-state index contributed by atoms with van der Waals surface area (Å²) in [6, 6.07) is 10.9. The first-order chi connectivity index (χ1) is 12.0. The van der Waals surface area contributed by atoms with Crippen LogP contribution in [0, 0.1) is 0 Å². The average molecular weight is 390 g/mol. The number of amides is 1. The van der Waals surface area contributed by atoms with E-state index in [1.807, 2.05) is 17.5 Å². The lowest BCUT2D eigenvalue weighted by Crippen LogP contribution is -2.22. The van der Waals surface area contributed by atoms with Crippen molar-refractivity contribution in [3.8, 4) is 11.1 Å². The van der Waals surface area contributed by atoms with Gasteiger partial charge >= 0.3 is 5.97 Å². The van der Waals surface area contributed by atoms with Crippen LogP contribution < -0.4 is 5.32 Å². The molecule has 4 nitrogen and oxygen atoms in total. The van der Waals surface area contributed by atoms with Crippen LogP contribution in [0.5, 0.6) is 0 Å². The third-order valence-electron chi connectivity index (χ3n) is 4.12. The lowest BCUT2D eigenvalue weighted by molar-refractivity contribution is -0.116. The highest BCUT2D eigenvalue weighted by Gasteiger charge is 2.34. The molecule has 0 bridgehead atoms. The summed E-state index contributed by atoms with van der Waals surface area (Å²) < 4.78 is 0. The number of hydrogen-bond acceptors (Lipinski definition) is 4. The van der Waals surface area contributed by atoms with E-state index in [0.717, 1.165) is 15.3 Å². The summed E-state index contributed by atoms with van der Waals surface area (Å²) in [5.74, 6) is -1.20. The maximum absolute atomic E-state index is 12.3. The van der Waals surface area contributed by atoms with Gasteiger partial charge in [0.15, 0.2) is 0 Å². The summed E-state index contributed by atoms with van der Waals surface area (Å²) in [6.45, 7) is 0. The normalized spacial score (nSPS) is 16.4. The van der Waals surface area contributed by atoms with E-state index < -0.39 is 5.97 Å². The molecule has 3 aromatic rings. The standard InChI is InChI=1S/C18H12ClNO3S2/c19-10-5-3-9(4-6-10)14-15-16(25-17(14)18(22)23)11(8-13(21)20-15)12-2-1-7-24-12/h1-7,11H,8H2,(H,20,21)(H,22,23). The molecule has 1 aliphatic rings. The number of benzene rings is 1. The molecule has 0 radical (unpaired) electrons. The van der Waals surface area contributed by atoms with Crippen molar-refractivity contribution in [2.24, 2.45) is 0 Å². The van der Waals surface area contributed by atoms with Crippen molar-refractivity contribution in [1.82, 2.24) is 0 Å². The average Bonchev–Trinajstić information content (AvgIpc) is 3.22. The molecule has 1 aromatic carbocycles. The highest BCUT2D eigenvalue weighted by Crippen LogP contribution is 2.50. The SMILES string of the molecule is O=C1CC(c2cccs2)c2sc(C(=O)O)c(-c3ccc(Cl)cc3)c2N1. The highest BCUT2D eigenvalue weighted by molar-refractivity contribution is 7.15. The van der Waals surface area contributed by atoms with Crippen LogP contribution in [0.1, 0.15) is 31.8 Å². The molecule has 1 atom stereocenters. The number of anilines is 1. The van der Waals surface area contributed by atoms with Gasteiger partial charge in [-0.1, -0.05) is 29.8 Å². The van der Waals surface area contributed by atoms with Gasteiger partial charge < -0.3 is 10.4 Å². The number of carboxylic acids is 1. The Hall–Kier alpha value is -2.15. The predicted octanol–water partition coefficient (Wildman–Crippen LogP) is 5.30. The monoisotopic (exact) mass is 389 g/mol. The topological polar surface area (TPSA) is 66.4 Å². The fourth-order valence-electron chi connectivity index (χ4n) is 3.05. The maximum Gasteiger partial charge on any atom is 0.346 e. The molecule has 1 aliphatic heterocycles. The van der Waals surface area contributed by atoms with E-state index in [2.05, 4.69) is 5.32 Å². The van der Waals surface area contributed by atoms with Crippen LogP contribution >= 0.6 is 34.3 Å². The van der Waals surface area contributed by atoms with Gasteiger partial charge in [-0.05, 0) is 29.1 Å². The highest BCUT2D eigenvalue weighted by atomic mass is 35.5. The smallest absolute Gasteiger partial charge is 0.346 e. The lowest BCUT2D eigenvalue weighted by atomic mass is 9.93. The number of carbonyl (C=O) groups excluding carboxylic acids is 1. The van der Waals surface area contributed by atoms with E-state index in [-0.39, 0.29) is 16.7 Å². The molecule has 126 valence electrons. The second kappa shape index (κ2) is 6.29. The number of halogens is 1. The quantitative estimate of drug-likeness (QED) is 0.638.